The fourth-order valence-corrected chi connectivity index (χ4v) is 5.03. The molecule has 2 saturated heterocycles. The van der Waals surface area contributed by atoms with Gasteiger partial charge in [-0.1, -0.05) is 42.3 Å². The Bertz CT molecular complexity index is 1340. The fraction of sp³-hybridized carbons (Fsp3) is 0.333. The van der Waals surface area contributed by atoms with Crippen LogP contribution in [0.3, 0.4) is 0 Å². The van der Waals surface area contributed by atoms with Crippen LogP contribution in [-0.2, 0) is 16.0 Å². The van der Waals surface area contributed by atoms with E-state index in [0.717, 1.165) is 30.2 Å². The molecule has 7 nitrogen and oxygen atoms in total. The van der Waals surface area contributed by atoms with E-state index in [9.17, 15) is 14.4 Å². The Morgan fingerprint density at radius 1 is 0.912 bits per heavy atom. The van der Waals surface area contributed by atoms with Gasteiger partial charge in [0.25, 0.3) is 11.5 Å². The zero-order valence-corrected chi connectivity index (χ0v) is 18.9. The summed E-state index contributed by atoms with van der Waals surface area (Å²) >= 11 is 0. The number of likely N-dealkylation sites (tertiary alicyclic amines) is 2. The molecule has 3 aromatic rings. The van der Waals surface area contributed by atoms with Gasteiger partial charge in [-0.3, -0.25) is 14.4 Å². The van der Waals surface area contributed by atoms with E-state index in [-0.39, 0.29) is 29.2 Å². The number of carbonyl (C=O) groups excluding carboxylic acids is 2. The SMILES string of the molecule is O=C(C#Cc1ccccc1)N1CCC2(CC1)CCN(C(=O)Cc1n[nH]c(=O)c3ccccc13)C2. The molecule has 2 aliphatic heterocycles. The summed E-state index contributed by atoms with van der Waals surface area (Å²) in [5.74, 6) is 5.59. The molecular weight excluding hydrogens is 428 g/mol. The topological polar surface area (TPSA) is 86.4 Å². The van der Waals surface area contributed by atoms with Crippen molar-refractivity contribution in [2.45, 2.75) is 25.7 Å². The lowest BCUT2D eigenvalue weighted by Gasteiger charge is -2.38. The number of hydrogen-bond donors (Lipinski definition) is 1. The van der Waals surface area contributed by atoms with Gasteiger partial charge in [-0.2, -0.15) is 5.10 Å². The molecule has 0 saturated carbocycles. The Balaban J connectivity index is 1.19. The highest BCUT2D eigenvalue weighted by molar-refractivity contribution is 5.94. The first kappa shape index (κ1) is 21.9. The fourth-order valence-electron chi connectivity index (χ4n) is 5.03. The lowest BCUT2D eigenvalue weighted by atomic mass is 9.78. The van der Waals surface area contributed by atoms with Crippen LogP contribution >= 0.6 is 0 Å². The highest BCUT2D eigenvalue weighted by Gasteiger charge is 2.42. The molecule has 2 aliphatic rings. The summed E-state index contributed by atoms with van der Waals surface area (Å²) in [6.07, 6.45) is 2.84. The lowest BCUT2D eigenvalue weighted by Crippen LogP contribution is -2.44. The maximum absolute atomic E-state index is 13.1. The van der Waals surface area contributed by atoms with Crippen LogP contribution in [0.5, 0.6) is 0 Å². The van der Waals surface area contributed by atoms with Gasteiger partial charge in [-0.25, -0.2) is 5.10 Å². The summed E-state index contributed by atoms with van der Waals surface area (Å²) < 4.78 is 0. The summed E-state index contributed by atoms with van der Waals surface area (Å²) in [4.78, 5) is 41.4. The predicted molar refractivity (Wildman–Crippen MR) is 129 cm³/mol. The monoisotopic (exact) mass is 454 g/mol. The third-order valence-corrected chi connectivity index (χ3v) is 7.08. The molecule has 2 aromatic carbocycles. The molecule has 7 heteroatoms. The van der Waals surface area contributed by atoms with E-state index in [1.54, 1.807) is 12.1 Å². The number of aromatic nitrogens is 2. The van der Waals surface area contributed by atoms with Crippen LogP contribution in [0.25, 0.3) is 10.8 Å². The molecule has 172 valence electrons. The smallest absolute Gasteiger partial charge is 0.298 e. The maximum atomic E-state index is 13.1. The van der Waals surface area contributed by atoms with Crippen LogP contribution in [0.2, 0.25) is 0 Å². The van der Waals surface area contributed by atoms with Crippen molar-refractivity contribution in [3.63, 3.8) is 0 Å². The molecule has 1 N–H and O–H groups in total. The van der Waals surface area contributed by atoms with Crippen molar-refractivity contribution in [3.8, 4) is 11.8 Å². The number of nitrogens with zero attached hydrogens (tertiary/aromatic N) is 3. The summed E-state index contributed by atoms with van der Waals surface area (Å²) in [5, 5.41) is 7.92. The molecule has 0 atom stereocenters. The third-order valence-electron chi connectivity index (χ3n) is 7.08. The van der Waals surface area contributed by atoms with Crippen molar-refractivity contribution in [2.75, 3.05) is 26.2 Å². The van der Waals surface area contributed by atoms with Gasteiger partial charge in [0.05, 0.1) is 17.5 Å². The van der Waals surface area contributed by atoms with Crippen molar-refractivity contribution in [1.29, 1.82) is 0 Å². The van der Waals surface area contributed by atoms with Crippen molar-refractivity contribution in [2.24, 2.45) is 5.41 Å². The Hall–Kier alpha value is -3.92. The van der Waals surface area contributed by atoms with E-state index in [4.69, 9.17) is 0 Å². The molecule has 1 aromatic heterocycles. The minimum atomic E-state index is -0.248. The van der Waals surface area contributed by atoms with Crippen molar-refractivity contribution < 1.29 is 9.59 Å². The number of H-pyrrole nitrogens is 1. The van der Waals surface area contributed by atoms with Gasteiger partial charge in [0.15, 0.2) is 0 Å². The van der Waals surface area contributed by atoms with Crippen molar-refractivity contribution in [1.82, 2.24) is 20.0 Å². The van der Waals surface area contributed by atoms with E-state index < -0.39 is 0 Å². The van der Waals surface area contributed by atoms with Crippen LogP contribution in [0, 0.1) is 17.3 Å². The predicted octanol–water partition coefficient (Wildman–Crippen LogP) is 2.36. The molecular formula is C27H26N4O3. The molecule has 1 spiro atoms. The number of benzene rings is 2. The molecule has 34 heavy (non-hydrogen) atoms. The Morgan fingerprint density at radius 3 is 2.29 bits per heavy atom. The maximum Gasteiger partial charge on any atom is 0.298 e. The molecule has 3 heterocycles. The number of carbonyl (C=O) groups is 2. The Labute approximate surface area is 197 Å². The molecule has 2 fully saturated rings. The summed E-state index contributed by atoms with van der Waals surface area (Å²) in [7, 11) is 0. The summed E-state index contributed by atoms with van der Waals surface area (Å²) in [6.45, 7) is 2.74. The number of rotatable bonds is 2. The summed E-state index contributed by atoms with van der Waals surface area (Å²) in [6, 6.07) is 16.7. The number of nitrogens with one attached hydrogen (secondary N) is 1. The van der Waals surface area contributed by atoms with Crippen LogP contribution in [0.4, 0.5) is 0 Å². The van der Waals surface area contributed by atoms with E-state index in [1.807, 2.05) is 52.3 Å². The van der Waals surface area contributed by atoms with Crippen LogP contribution in [-0.4, -0.2) is 58.0 Å². The van der Waals surface area contributed by atoms with E-state index in [1.165, 1.54) is 0 Å². The minimum absolute atomic E-state index is 0.0220. The third kappa shape index (κ3) is 4.44. The van der Waals surface area contributed by atoms with Crippen LogP contribution in [0.15, 0.2) is 59.4 Å². The number of amides is 2. The molecule has 2 amide bonds. The molecule has 0 bridgehead atoms. The van der Waals surface area contributed by atoms with Gasteiger partial charge in [0.1, 0.15) is 0 Å². The Morgan fingerprint density at radius 2 is 1.56 bits per heavy atom. The number of hydrogen-bond acceptors (Lipinski definition) is 4. The van der Waals surface area contributed by atoms with Gasteiger partial charge in [-0.15, -0.1) is 0 Å². The van der Waals surface area contributed by atoms with Gasteiger partial charge >= 0.3 is 0 Å². The van der Waals surface area contributed by atoms with Gasteiger partial charge in [-0.05, 0) is 42.9 Å². The highest BCUT2D eigenvalue weighted by Crippen LogP contribution is 2.40. The normalized spacial score (nSPS) is 16.9. The lowest BCUT2D eigenvalue weighted by molar-refractivity contribution is -0.131. The molecule has 0 radical (unpaired) electrons. The quantitative estimate of drug-likeness (QED) is 0.603. The summed E-state index contributed by atoms with van der Waals surface area (Å²) in [5.41, 5.74) is 1.24. The molecule has 0 aliphatic carbocycles. The number of aromatic amines is 1. The van der Waals surface area contributed by atoms with Crippen LogP contribution in [0.1, 0.15) is 30.5 Å². The van der Waals surface area contributed by atoms with Crippen molar-refractivity contribution in [3.05, 3.63) is 76.2 Å². The number of fused-ring (bicyclic) bond motifs is 1. The molecule has 5 rings (SSSR count). The zero-order valence-electron chi connectivity index (χ0n) is 18.9. The zero-order chi connectivity index (χ0) is 23.5. The first-order chi connectivity index (χ1) is 16.5. The first-order valence-electron chi connectivity index (χ1n) is 11.6. The largest absolute Gasteiger partial charge is 0.342 e. The average molecular weight is 455 g/mol. The first-order valence-corrected chi connectivity index (χ1v) is 11.6. The van der Waals surface area contributed by atoms with E-state index in [0.29, 0.717) is 37.3 Å². The van der Waals surface area contributed by atoms with Gasteiger partial charge < -0.3 is 9.80 Å². The molecule has 0 unspecified atom stereocenters. The second-order valence-electron chi connectivity index (χ2n) is 9.20. The van der Waals surface area contributed by atoms with Crippen molar-refractivity contribution >= 4 is 22.6 Å². The Kier molecular flexibility index (Phi) is 5.89. The highest BCUT2D eigenvalue weighted by atomic mass is 16.2. The second kappa shape index (κ2) is 9.14. The van der Waals surface area contributed by atoms with Gasteiger partial charge in [0.2, 0.25) is 5.91 Å². The van der Waals surface area contributed by atoms with Gasteiger partial charge in [0, 0.05) is 43.0 Å². The van der Waals surface area contributed by atoms with Crippen LogP contribution < -0.4 is 5.56 Å². The minimum Gasteiger partial charge on any atom is -0.342 e. The van der Waals surface area contributed by atoms with E-state index in [2.05, 4.69) is 22.0 Å². The average Bonchev–Trinajstić information content (AvgIpc) is 3.29. The number of piperidine rings is 1. The van der Waals surface area contributed by atoms with E-state index >= 15 is 0 Å². The standard InChI is InChI=1S/C27H26N4O3/c32-24(11-10-20-6-2-1-3-7-20)30-15-12-27(13-16-30)14-17-31(19-27)25(33)18-23-21-8-4-5-9-22(21)26(34)29-28-23/h1-9H,12-19H2,(H,29,34). The second-order valence-corrected chi connectivity index (χ2v) is 9.20.